The van der Waals surface area contributed by atoms with Crippen molar-refractivity contribution in [1.29, 1.82) is 5.41 Å². The van der Waals surface area contributed by atoms with Crippen molar-refractivity contribution in [2.45, 2.75) is 12.8 Å². The largest absolute Gasteiger partial charge is 1.00 e. The van der Waals surface area contributed by atoms with Gasteiger partial charge in [-0.25, -0.2) is 0 Å². The third-order valence-electron chi connectivity index (χ3n) is 2.29. The minimum atomic E-state index is 0. The SMILES string of the molecule is N=C1CCCN1c1ccccc1O.[Cl-]. The predicted octanol–water partition coefficient (Wildman–Crippen LogP) is -1.03. The van der Waals surface area contributed by atoms with E-state index < -0.39 is 0 Å². The molecule has 3 nitrogen and oxygen atoms in total. The highest BCUT2D eigenvalue weighted by atomic mass is 35.5. The lowest BCUT2D eigenvalue weighted by atomic mass is 10.2. The van der Waals surface area contributed by atoms with Gasteiger partial charge in [-0.1, -0.05) is 12.1 Å². The number of nitrogens with one attached hydrogen (secondary N) is 1. The van der Waals surface area contributed by atoms with Crippen molar-refractivity contribution in [3.05, 3.63) is 24.3 Å². The van der Waals surface area contributed by atoms with Crippen LogP contribution in [0.1, 0.15) is 12.8 Å². The number of phenolic OH excluding ortho intramolecular Hbond substituents is 1. The zero-order chi connectivity index (χ0) is 9.26. The molecule has 0 unspecified atom stereocenters. The molecule has 0 radical (unpaired) electrons. The van der Waals surface area contributed by atoms with Crippen LogP contribution < -0.4 is 17.3 Å². The number of hydrogen-bond donors (Lipinski definition) is 2. The quantitative estimate of drug-likeness (QED) is 0.625. The van der Waals surface area contributed by atoms with Crippen molar-refractivity contribution in [1.82, 2.24) is 0 Å². The van der Waals surface area contributed by atoms with E-state index in [9.17, 15) is 5.11 Å². The molecule has 0 saturated carbocycles. The van der Waals surface area contributed by atoms with Crippen LogP contribution in [0.2, 0.25) is 0 Å². The molecule has 0 amide bonds. The van der Waals surface area contributed by atoms with Crippen LogP contribution in [0.15, 0.2) is 24.3 Å². The fraction of sp³-hybridized carbons (Fsp3) is 0.300. The average Bonchev–Trinajstić information content (AvgIpc) is 2.52. The van der Waals surface area contributed by atoms with Crippen LogP contribution in [0.4, 0.5) is 5.69 Å². The van der Waals surface area contributed by atoms with Gasteiger partial charge in [-0.15, -0.1) is 0 Å². The summed E-state index contributed by atoms with van der Waals surface area (Å²) in [4.78, 5) is 1.86. The first-order valence-electron chi connectivity index (χ1n) is 4.42. The molecule has 1 heterocycles. The van der Waals surface area contributed by atoms with Crippen LogP contribution in [0.25, 0.3) is 0 Å². The molecular weight excluding hydrogens is 200 g/mol. The first kappa shape index (κ1) is 10.9. The van der Waals surface area contributed by atoms with Crippen LogP contribution in [0.5, 0.6) is 5.75 Å². The highest BCUT2D eigenvalue weighted by Crippen LogP contribution is 2.29. The number of nitrogens with zero attached hydrogens (tertiary/aromatic N) is 1. The van der Waals surface area contributed by atoms with Gasteiger partial charge < -0.3 is 22.4 Å². The molecule has 76 valence electrons. The van der Waals surface area contributed by atoms with Gasteiger partial charge in [0, 0.05) is 13.0 Å². The van der Waals surface area contributed by atoms with E-state index in [1.807, 2.05) is 17.0 Å². The molecule has 1 aliphatic rings. The summed E-state index contributed by atoms with van der Waals surface area (Å²) in [6, 6.07) is 7.16. The lowest BCUT2D eigenvalue weighted by Crippen LogP contribution is -3.00. The minimum Gasteiger partial charge on any atom is -1.00 e. The Morgan fingerprint density at radius 2 is 2.00 bits per heavy atom. The monoisotopic (exact) mass is 211 g/mol. The molecule has 0 aliphatic carbocycles. The molecule has 14 heavy (non-hydrogen) atoms. The van der Waals surface area contributed by atoms with Crippen LogP contribution in [-0.2, 0) is 0 Å². The number of aromatic hydroxyl groups is 1. The molecule has 1 saturated heterocycles. The number of phenols is 1. The Labute approximate surface area is 89.3 Å². The second-order valence-electron chi connectivity index (χ2n) is 3.19. The Morgan fingerprint density at radius 1 is 1.29 bits per heavy atom. The van der Waals surface area contributed by atoms with Gasteiger partial charge in [-0.2, -0.15) is 0 Å². The first-order chi connectivity index (χ1) is 6.29. The third kappa shape index (κ3) is 1.82. The zero-order valence-electron chi connectivity index (χ0n) is 7.70. The van der Waals surface area contributed by atoms with Crippen molar-refractivity contribution in [2.24, 2.45) is 0 Å². The fourth-order valence-electron chi connectivity index (χ4n) is 1.63. The molecule has 2 N–H and O–H groups in total. The molecule has 0 spiro atoms. The van der Waals surface area contributed by atoms with E-state index in [4.69, 9.17) is 5.41 Å². The summed E-state index contributed by atoms with van der Waals surface area (Å²) in [5.74, 6) is 0.857. The molecule has 1 fully saturated rings. The Hall–Kier alpha value is -1.22. The van der Waals surface area contributed by atoms with E-state index in [1.54, 1.807) is 12.1 Å². The van der Waals surface area contributed by atoms with E-state index >= 15 is 0 Å². The molecule has 0 bridgehead atoms. The summed E-state index contributed by atoms with van der Waals surface area (Å²) < 4.78 is 0. The van der Waals surface area contributed by atoms with Crippen molar-refractivity contribution in [3.8, 4) is 5.75 Å². The highest BCUT2D eigenvalue weighted by Gasteiger charge is 2.20. The number of para-hydroxylation sites is 2. The second-order valence-corrected chi connectivity index (χ2v) is 3.19. The smallest absolute Gasteiger partial charge is 0.139 e. The van der Waals surface area contributed by atoms with Crippen molar-refractivity contribution in [2.75, 3.05) is 11.4 Å². The molecule has 4 heteroatoms. The molecular formula is C10H12ClN2O-. The van der Waals surface area contributed by atoms with E-state index in [0.29, 0.717) is 5.84 Å². The number of benzene rings is 1. The average molecular weight is 212 g/mol. The molecule has 2 rings (SSSR count). The first-order valence-corrected chi connectivity index (χ1v) is 4.42. The summed E-state index contributed by atoms with van der Waals surface area (Å²) in [6.07, 6.45) is 1.82. The summed E-state index contributed by atoms with van der Waals surface area (Å²) >= 11 is 0. The van der Waals surface area contributed by atoms with Crippen LogP contribution in [0, 0.1) is 5.41 Å². The van der Waals surface area contributed by atoms with Gasteiger partial charge >= 0.3 is 0 Å². The zero-order valence-corrected chi connectivity index (χ0v) is 8.46. The second kappa shape index (κ2) is 4.33. The van der Waals surface area contributed by atoms with Crippen LogP contribution >= 0.6 is 0 Å². The number of anilines is 1. The third-order valence-corrected chi connectivity index (χ3v) is 2.29. The summed E-state index contributed by atoms with van der Waals surface area (Å²) in [5, 5.41) is 17.2. The van der Waals surface area contributed by atoms with E-state index in [0.717, 1.165) is 25.1 Å². The van der Waals surface area contributed by atoms with Gasteiger partial charge in [0.1, 0.15) is 11.6 Å². The maximum Gasteiger partial charge on any atom is 0.139 e. The Balaban J connectivity index is 0.000000980. The number of hydrogen-bond acceptors (Lipinski definition) is 2. The summed E-state index contributed by atoms with van der Waals surface area (Å²) in [6.45, 7) is 0.844. The highest BCUT2D eigenvalue weighted by molar-refractivity contribution is 5.98. The topological polar surface area (TPSA) is 47.3 Å². The standard InChI is InChI=1S/C10H12N2O.ClH/c11-10-6-3-7-12(10)8-4-1-2-5-9(8)13;/h1-2,4-5,11,13H,3,6-7H2;1H/p-1. The van der Waals surface area contributed by atoms with Crippen molar-refractivity contribution < 1.29 is 17.5 Å². The number of amidine groups is 1. The predicted molar refractivity (Wildman–Crippen MR) is 52.4 cm³/mol. The van der Waals surface area contributed by atoms with Crippen molar-refractivity contribution in [3.63, 3.8) is 0 Å². The Kier molecular flexibility index (Phi) is 3.36. The maximum atomic E-state index is 9.55. The Bertz CT molecular complexity index is 341. The van der Waals surface area contributed by atoms with Gasteiger partial charge in [0.2, 0.25) is 0 Å². The molecule has 1 aliphatic heterocycles. The molecule has 1 aromatic carbocycles. The normalized spacial score (nSPS) is 15.4. The van der Waals surface area contributed by atoms with E-state index in [-0.39, 0.29) is 18.2 Å². The minimum absolute atomic E-state index is 0. The number of halogens is 1. The van der Waals surface area contributed by atoms with Gasteiger partial charge in [-0.05, 0) is 18.6 Å². The summed E-state index contributed by atoms with van der Waals surface area (Å²) in [7, 11) is 0. The fourth-order valence-corrected chi connectivity index (χ4v) is 1.63. The van der Waals surface area contributed by atoms with E-state index in [1.165, 1.54) is 0 Å². The maximum absolute atomic E-state index is 9.55. The van der Waals surface area contributed by atoms with E-state index in [2.05, 4.69) is 0 Å². The summed E-state index contributed by atoms with van der Waals surface area (Å²) in [5.41, 5.74) is 0.755. The van der Waals surface area contributed by atoms with Crippen LogP contribution in [0.3, 0.4) is 0 Å². The molecule has 0 aromatic heterocycles. The lowest BCUT2D eigenvalue weighted by molar-refractivity contribution is -0.00000386. The van der Waals surface area contributed by atoms with Gasteiger partial charge in [0.05, 0.1) is 5.69 Å². The van der Waals surface area contributed by atoms with Gasteiger partial charge in [0.25, 0.3) is 0 Å². The Morgan fingerprint density at radius 3 is 2.57 bits per heavy atom. The number of rotatable bonds is 1. The lowest BCUT2D eigenvalue weighted by Gasteiger charge is -2.18. The molecule has 1 aromatic rings. The van der Waals surface area contributed by atoms with Crippen LogP contribution in [-0.4, -0.2) is 17.5 Å². The van der Waals surface area contributed by atoms with Gasteiger partial charge in [-0.3, -0.25) is 5.41 Å². The van der Waals surface area contributed by atoms with Gasteiger partial charge in [0.15, 0.2) is 0 Å². The van der Waals surface area contributed by atoms with Crippen molar-refractivity contribution >= 4 is 11.5 Å². The molecule has 0 atom stereocenters.